The molecule has 0 aliphatic carbocycles. The van der Waals surface area contributed by atoms with Gasteiger partial charge in [-0.3, -0.25) is 4.79 Å². The summed E-state index contributed by atoms with van der Waals surface area (Å²) in [6, 6.07) is 9.81. The summed E-state index contributed by atoms with van der Waals surface area (Å²) in [6.07, 6.45) is 1.05. The van der Waals surface area contributed by atoms with Crippen LogP contribution in [0.2, 0.25) is 0 Å². The number of aliphatic hydroxyl groups is 1. The Kier molecular flexibility index (Phi) is 7.57. The summed E-state index contributed by atoms with van der Waals surface area (Å²) < 4.78 is 5.34. The van der Waals surface area contributed by atoms with E-state index in [1.807, 2.05) is 37.3 Å². The molecule has 0 fully saturated rings. The molecule has 0 amide bonds. The maximum atomic E-state index is 11.4. The minimum absolute atomic E-state index is 0.143. The highest BCUT2D eigenvalue weighted by Crippen LogP contribution is 2.01. The summed E-state index contributed by atoms with van der Waals surface area (Å²) in [5, 5.41) is 9.32. The van der Waals surface area contributed by atoms with Gasteiger partial charge in [-0.1, -0.05) is 43.2 Å². The van der Waals surface area contributed by atoms with Crippen molar-refractivity contribution in [3.8, 4) is 11.8 Å². The largest absolute Gasteiger partial charge is 0.393 e. The van der Waals surface area contributed by atoms with Crippen molar-refractivity contribution in [3.05, 3.63) is 35.9 Å². The lowest BCUT2D eigenvalue weighted by Gasteiger charge is -2.03. The molecule has 3 heteroatoms. The number of rotatable bonds is 7. The lowest BCUT2D eigenvalue weighted by molar-refractivity contribution is -0.114. The number of hydrogen-bond acceptors (Lipinski definition) is 3. The first-order valence-corrected chi connectivity index (χ1v) is 6.53. The molecular formula is C16H20O3. The summed E-state index contributed by atoms with van der Waals surface area (Å²) in [4.78, 5) is 11.4. The summed E-state index contributed by atoms with van der Waals surface area (Å²) in [5.41, 5.74) is 1.08. The van der Waals surface area contributed by atoms with Crippen molar-refractivity contribution < 1.29 is 14.6 Å². The van der Waals surface area contributed by atoms with E-state index in [9.17, 15) is 9.90 Å². The fraction of sp³-hybridized carbons (Fsp3) is 0.438. The fourth-order valence-electron chi connectivity index (χ4n) is 1.49. The molecule has 0 bridgehead atoms. The van der Waals surface area contributed by atoms with Gasteiger partial charge in [0.1, 0.15) is 6.61 Å². The zero-order chi connectivity index (χ0) is 13.9. The Bertz CT molecular complexity index is 428. The van der Waals surface area contributed by atoms with Crippen LogP contribution in [0.5, 0.6) is 0 Å². The Morgan fingerprint density at radius 1 is 1.37 bits per heavy atom. The van der Waals surface area contributed by atoms with Gasteiger partial charge in [-0.15, -0.1) is 0 Å². The molecule has 1 atom stereocenters. The van der Waals surface area contributed by atoms with E-state index in [0.717, 1.165) is 5.56 Å². The Hall–Kier alpha value is -1.63. The van der Waals surface area contributed by atoms with Gasteiger partial charge in [0, 0.05) is 6.42 Å². The third-order valence-electron chi connectivity index (χ3n) is 2.69. The van der Waals surface area contributed by atoms with Crippen molar-refractivity contribution in [2.75, 3.05) is 6.61 Å². The number of ketones is 1. The SMILES string of the molecule is CCC(O)CCC(=O)C#CCOCc1ccccc1. The maximum Gasteiger partial charge on any atom is 0.205 e. The zero-order valence-corrected chi connectivity index (χ0v) is 11.3. The van der Waals surface area contributed by atoms with Gasteiger partial charge in [0.05, 0.1) is 12.7 Å². The van der Waals surface area contributed by atoms with E-state index in [4.69, 9.17) is 4.74 Å². The first-order chi connectivity index (χ1) is 9.22. The number of carbonyl (C=O) groups is 1. The molecular weight excluding hydrogens is 240 g/mol. The molecule has 0 heterocycles. The summed E-state index contributed by atoms with van der Waals surface area (Å²) in [5.74, 6) is 5.07. The minimum atomic E-state index is -0.403. The van der Waals surface area contributed by atoms with Crippen LogP contribution in [0.4, 0.5) is 0 Å². The highest BCUT2D eigenvalue weighted by atomic mass is 16.5. The van der Waals surface area contributed by atoms with Crippen LogP contribution in [0, 0.1) is 11.8 Å². The Morgan fingerprint density at radius 2 is 2.11 bits per heavy atom. The third kappa shape index (κ3) is 7.40. The number of ether oxygens (including phenoxy) is 1. The highest BCUT2D eigenvalue weighted by Gasteiger charge is 2.03. The van der Waals surface area contributed by atoms with Gasteiger partial charge in [-0.25, -0.2) is 0 Å². The van der Waals surface area contributed by atoms with Crippen LogP contribution in [-0.4, -0.2) is 23.6 Å². The smallest absolute Gasteiger partial charge is 0.205 e. The predicted molar refractivity (Wildman–Crippen MR) is 74.4 cm³/mol. The van der Waals surface area contributed by atoms with Crippen LogP contribution in [0.1, 0.15) is 31.7 Å². The third-order valence-corrected chi connectivity index (χ3v) is 2.69. The molecule has 102 valence electrons. The van der Waals surface area contributed by atoms with Gasteiger partial charge in [0.15, 0.2) is 0 Å². The quantitative estimate of drug-likeness (QED) is 0.465. The lowest BCUT2D eigenvalue weighted by atomic mass is 10.1. The maximum absolute atomic E-state index is 11.4. The van der Waals surface area contributed by atoms with Crippen LogP contribution in [0.25, 0.3) is 0 Å². The minimum Gasteiger partial charge on any atom is -0.393 e. The van der Waals surface area contributed by atoms with Crippen molar-refractivity contribution in [2.24, 2.45) is 0 Å². The molecule has 1 aromatic rings. The van der Waals surface area contributed by atoms with Crippen molar-refractivity contribution in [2.45, 2.75) is 38.9 Å². The van der Waals surface area contributed by atoms with Crippen molar-refractivity contribution in [3.63, 3.8) is 0 Å². The van der Waals surface area contributed by atoms with Crippen molar-refractivity contribution >= 4 is 5.78 Å². The summed E-state index contributed by atoms with van der Waals surface area (Å²) in [7, 11) is 0. The second-order valence-electron chi connectivity index (χ2n) is 4.30. The molecule has 1 unspecified atom stereocenters. The van der Waals surface area contributed by atoms with Crippen LogP contribution >= 0.6 is 0 Å². The molecule has 1 rings (SSSR count). The predicted octanol–water partition coefficient (Wildman–Crippen LogP) is 2.33. The molecule has 19 heavy (non-hydrogen) atoms. The average molecular weight is 260 g/mol. The second-order valence-corrected chi connectivity index (χ2v) is 4.30. The zero-order valence-electron chi connectivity index (χ0n) is 11.3. The number of carbonyl (C=O) groups excluding carboxylic acids is 1. The monoisotopic (exact) mass is 260 g/mol. The van der Waals surface area contributed by atoms with E-state index in [0.29, 0.717) is 25.9 Å². The van der Waals surface area contributed by atoms with Crippen molar-refractivity contribution in [1.82, 2.24) is 0 Å². The van der Waals surface area contributed by atoms with Gasteiger partial charge in [0.25, 0.3) is 0 Å². The molecule has 0 saturated heterocycles. The van der Waals surface area contributed by atoms with E-state index in [-0.39, 0.29) is 12.4 Å². The molecule has 1 N–H and O–H groups in total. The number of aliphatic hydroxyl groups excluding tert-OH is 1. The standard InChI is InChI=1S/C16H20O3/c1-2-15(17)10-11-16(18)9-6-12-19-13-14-7-4-3-5-8-14/h3-5,7-8,15,17H,2,10-13H2,1H3. The van der Waals surface area contributed by atoms with Crippen LogP contribution < -0.4 is 0 Å². The second kappa shape index (κ2) is 9.32. The Labute approximate surface area is 114 Å². The molecule has 3 nitrogen and oxygen atoms in total. The van der Waals surface area contributed by atoms with E-state index >= 15 is 0 Å². The molecule has 0 aliphatic rings. The molecule has 0 aliphatic heterocycles. The summed E-state index contributed by atoms with van der Waals surface area (Å²) >= 11 is 0. The number of benzene rings is 1. The van der Waals surface area contributed by atoms with Crippen LogP contribution in [0.3, 0.4) is 0 Å². The van der Waals surface area contributed by atoms with Gasteiger partial charge in [-0.05, 0) is 24.3 Å². The lowest BCUT2D eigenvalue weighted by Crippen LogP contribution is -2.07. The molecule has 0 radical (unpaired) electrons. The summed E-state index contributed by atoms with van der Waals surface area (Å²) in [6.45, 7) is 2.63. The molecule has 0 saturated carbocycles. The first kappa shape index (κ1) is 15.4. The highest BCUT2D eigenvalue weighted by molar-refractivity contribution is 5.95. The topological polar surface area (TPSA) is 46.5 Å². The van der Waals surface area contributed by atoms with Crippen molar-refractivity contribution in [1.29, 1.82) is 0 Å². The Balaban J connectivity index is 2.15. The molecule has 0 aromatic heterocycles. The van der Waals surface area contributed by atoms with Crippen LogP contribution in [0.15, 0.2) is 30.3 Å². The number of hydrogen-bond donors (Lipinski definition) is 1. The van der Waals surface area contributed by atoms with Gasteiger partial charge in [0.2, 0.25) is 5.78 Å². The first-order valence-electron chi connectivity index (χ1n) is 6.53. The normalized spacial score (nSPS) is 11.5. The number of Topliss-reactive ketones (excluding diaryl/α,β-unsaturated/α-hetero) is 1. The van der Waals surface area contributed by atoms with E-state index in [2.05, 4.69) is 11.8 Å². The van der Waals surface area contributed by atoms with E-state index in [1.54, 1.807) is 0 Å². The molecule has 1 aromatic carbocycles. The average Bonchev–Trinajstić information content (AvgIpc) is 2.45. The van der Waals surface area contributed by atoms with Gasteiger partial charge >= 0.3 is 0 Å². The fourth-order valence-corrected chi connectivity index (χ4v) is 1.49. The van der Waals surface area contributed by atoms with E-state index < -0.39 is 6.10 Å². The Morgan fingerprint density at radius 3 is 2.79 bits per heavy atom. The molecule has 0 spiro atoms. The van der Waals surface area contributed by atoms with Gasteiger partial charge in [-0.2, -0.15) is 0 Å². The van der Waals surface area contributed by atoms with E-state index in [1.165, 1.54) is 0 Å². The van der Waals surface area contributed by atoms with Crippen LogP contribution in [-0.2, 0) is 16.1 Å². The van der Waals surface area contributed by atoms with Gasteiger partial charge < -0.3 is 9.84 Å².